The van der Waals surface area contributed by atoms with E-state index < -0.39 is 0 Å². The minimum Gasteiger partial charge on any atom is -0.366 e. The van der Waals surface area contributed by atoms with Gasteiger partial charge in [-0.15, -0.1) is 0 Å². The van der Waals surface area contributed by atoms with Gasteiger partial charge in [-0.05, 0) is 52.1 Å². The van der Waals surface area contributed by atoms with Crippen LogP contribution >= 0.6 is 0 Å². The summed E-state index contributed by atoms with van der Waals surface area (Å²) in [6.45, 7) is 14.4. The Morgan fingerprint density at radius 2 is 2.15 bits per heavy atom. The molecule has 20 heavy (non-hydrogen) atoms. The van der Waals surface area contributed by atoms with E-state index >= 15 is 0 Å². The van der Waals surface area contributed by atoms with E-state index in [1.54, 1.807) is 0 Å². The molecule has 1 aromatic heterocycles. The summed E-state index contributed by atoms with van der Waals surface area (Å²) >= 11 is 0. The van der Waals surface area contributed by atoms with Gasteiger partial charge >= 0.3 is 0 Å². The maximum atomic E-state index is 4.49. The third-order valence-corrected chi connectivity index (χ3v) is 4.16. The van der Waals surface area contributed by atoms with Crippen LogP contribution in [-0.4, -0.2) is 23.6 Å². The van der Waals surface area contributed by atoms with Crippen LogP contribution in [0.5, 0.6) is 0 Å². The van der Waals surface area contributed by atoms with Crippen molar-refractivity contribution in [2.75, 3.05) is 18.0 Å². The van der Waals surface area contributed by atoms with E-state index in [2.05, 4.69) is 55.9 Å². The first-order valence-electron chi connectivity index (χ1n) is 7.84. The first kappa shape index (κ1) is 15.3. The smallest absolute Gasteiger partial charge is 0.0449 e. The van der Waals surface area contributed by atoms with Crippen LogP contribution in [0, 0.1) is 12.8 Å². The minimum atomic E-state index is 0.264. The molecule has 1 aliphatic heterocycles. The fourth-order valence-corrected chi connectivity index (χ4v) is 3.01. The van der Waals surface area contributed by atoms with Crippen molar-refractivity contribution >= 4 is 5.69 Å². The van der Waals surface area contributed by atoms with Crippen molar-refractivity contribution in [2.24, 2.45) is 5.92 Å². The average Bonchev–Trinajstić information content (AvgIpc) is 2.70. The molecule has 0 amide bonds. The predicted octanol–water partition coefficient (Wildman–Crippen LogP) is 3.51. The van der Waals surface area contributed by atoms with Gasteiger partial charge in [0.15, 0.2) is 0 Å². The molecular weight excluding hydrogens is 246 g/mol. The predicted molar refractivity (Wildman–Crippen MR) is 86.2 cm³/mol. The highest BCUT2D eigenvalue weighted by atomic mass is 15.2. The number of pyridine rings is 1. The van der Waals surface area contributed by atoms with E-state index in [4.69, 9.17) is 0 Å². The lowest BCUT2D eigenvalue weighted by Crippen LogP contribution is -2.39. The molecule has 3 nitrogen and oxygen atoms in total. The molecule has 2 rings (SSSR count). The fraction of sp³-hybridized carbons (Fsp3) is 0.706. The highest BCUT2D eigenvalue weighted by molar-refractivity contribution is 5.56. The van der Waals surface area contributed by atoms with Gasteiger partial charge in [-0.25, -0.2) is 0 Å². The lowest BCUT2D eigenvalue weighted by atomic mass is 10.0. The van der Waals surface area contributed by atoms with Crippen molar-refractivity contribution in [3.8, 4) is 0 Å². The summed E-state index contributed by atoms with van der Waals surface area (Å²) in [5.41, 5.74) is 4.07. The summed E-state index contributed by atoms with van der Waals surface area (Å²) in [5.74, 6) is 0.681. The molecule has 1 saturated heterocycles. The van der Waals surface area contributed by atoms with Crippen LogP contribution in [0.1, 0.15) is 51.8 Å². The Morgan fingerprint density at radius 3 is 2.75 bits per heavy atom. The summed E-state index contributed by atoms with van der Waals surface area (Å²) < 4.78 is 0. The Labute approximate surface area is 123 Å². The van der Waals surface area contributed by atoms with Crippen molar-refractivity contribution in [1.82, 2.24) is 10.3 Å². The van der Waals surface area contributed by atoms with Gasteiger partial charge in [0.1, 0.15) is 0 Å². The number of nitrogens with zero attached hydrogens (tertiary/aromatic N) is 2. The first-order chi connectivity index (χ1) is 9.40. The Balaban J connectivity index is 2.20. The van der Waals surface area contributed by atoms with Crippen molar-refractivity contribution in [3.05, 3.63) is 23.5 Å². The average molecular weight is 275 g/mol. The van der Waals surface area contributed by atoms with Gasteiger partial charge in [-0.3, -0.25) is 4.98 Å². The minimum absolute atomic E-state index is 0.264. The number of nitrogens with one attached hydrogen (secondary N) is 1. The van der Waals surface area contributed by atoms with E-state index in [0.717, 1.165) is 25.3 Å². The molecule has 0 aliphatic carbocycles. The van der Waals surface area contributed by atoms with E-state index in [1.807, 2.05) is 6.20 Å². The van der Waals surface area contributed by atoms with Crippen LogP contribution < -0.4 is 10.2 Å². The lowest BCUT2D eigenvalue weighted by Gasteiger charge is -2.35. The van der Waals surface area contributed by atoms with E-state index in [-0.39, 0.29) is 5.54 Å². The second kappa shape index (κ2) is 6.13. The Bertz CT molecular complexity index is 452. The van der Waals surface area contributed by atoms with Crippen LogP contribution in [0.25, 0.3) is 0 Å². The topological polar surface area (TPSA) is 28.2 Å². The first-order valence-corrected chi connectivity index (χ1v) is 7.84. The number of aromatic nitrogens is 1. The molecule has 0 radical (unpaired) electrons. The quantitative estimate of drug-likeness (QED) is 0.891. The molecule has 0 atom stereocenters. The molecule has 0 aromatic carbocycles. The highest BCUT2D eigenvalue weighted by Crippen LogP contribution is 2.35. The van der Waals surface area contributed by atoms with Gasteiger partial charge in [0.2, 0.25) is 0 Å². The van der Waals surface area contributed by atoms with Gasteiger partial charge in [-0.1, -0.05) is 13.8 Å². The molecular formula is C17H29N3. The normalized spacial score (nSPS) is 18.0. The highest BCUT2D eigenvalue weighted by Gasteiger charge is 2.33. The fourth-order valence-electron chi connectivity index (χ4n) is 3.01. The molecule has 1 aromatic rings. The van der Waals surface area contributed by atoms with Crippen LogP contribution in [0.4, 0.5) is 5.69 Å². The Kier molecular flexibility index (Phi) is 4.69. The summed E-state index contributed by atoms with van der Waals surface area (Å²) in [5, 5.41) is 3.55. The number of anilines is 1. The lowest BCUT2D eigenvalue weighted by molar-refractivity contribution is 0.513. The number of rotatable bonds is 5. The molecule has 0 unspecified atom stereocenters. The summed E-state index contributed by atoms with van der Waals surface area (Å²) in [7, 11) is 0. The van der Waals surface area contributed by atoms with Crippen molar-refractivity contribution < 1.29 is 0 Å². The van der Waals surface area contributed by atoms with Crippen molar-refractivity contribution in [2.45, 2.75) is 59.5 Å². The van der Waals surface area contributed by atoms with E-state index in [9.17, 15) is 0 Å². The maximum absolute atomic E-state index is 4.49. The molecule has 112 valence electrons. The molecule has 1 N–H and O–H groups in total. The van der Waals surface area contributed by atoms with Gasteiger partial charge in [0, 0.05) is 41.8 Å². The molecule has 0 bridgehead atoms. The SMILES string of the molecule is Cc1cc(N2CCCC2(C)C)c(CNCC(C)C)cn1. The second-order valence-corrected chi connectivity index (χ2v) is 7.05. The third kappa shape index (κ3) is 3.51. The summed E-state index contributed by atoms with van der Waals surface area (Å²) in [4.78, 5) is 7.05. The van der Waals surface area contributed by atoms with Crippen LogP contribution in [-0.2, 0) is 6.54 Å². The molecule has 0 saturated carbocycles. The van der Waals surface area contributed by atoms with Crippen LogP contribution in [0.15, 0.2) is 12.3 Å². The molecule has 1 fully saturated rings. The van der Waals surface area contributed by atoms with Crippen molar-refractivity contribution in [3.63, 3.8) is 0 Å². The monoisotopic (exact) mass is 275 g/mol. The van der Waals surface area contributed by atoms with Crippen LogP contribution in [0.2, 0.25) is 0 Å². The van der Waals surface area contributed by atoms with Gasteiger partial charge < -0.3 is 10.2 Å². The number of hydrogen-bond acceptors (Lipinski definition) is 3. The number of hydrogen-bond donors (Lipinski definition) is 1. The second-order valence-electron chi connectivity index (χ2n) is 7.05. The Morgan fingerprint density at radius 1 is 1.40 bits per heavy atom. The molecule has 3 heteroatoms. The van der Waals surface area contributed by atoms with Gasteiger partial charge in [-0.2, -0.15) is 0 Å². The molecule has 2 heterocycles. The summed E-state index contributed by atoms with van der Waals surface area (Å²) in [6.07, 6.45) is 4.60. The Hall–Kier alpha value is -1.09. The van der Waals surface area contributed by atoms with E-state index in [0.29, 0.717) is 5.92 Å². The zero-order valence-corrected chi connectivity index (χ0v) is 13.7. The zero-order valence-electron chi connectivity index (χ0n) is 13.7. The van der Waals surface area contributed by atoms with Gasteiger partial charge in [0.05, 0.1) is 0 Å². The van der Waals surface area contributed by atoms with E-state index in [1.165, 1.54) is 24.1 Å². The molecule has 1 aliphatic rings. The van der Waals surface area contributed by atoms with Crippen LogP contribution in [0.3, 0.4) is 0 Å². The standard InChI is InChI=1S/C17H29N3/c1-13(2)10-18-11-15-12-19-14(3)9-16(15)20-8-6-7-17(20,4)5/h9,12-13,18H,6-8,10-11H2,1-5H3. The maximum Gasteiger partial charge on any atom is 0.0449 e. The number of aryl methyl sites for hydroxylation is 1. The summed E-state index contributed by atoms with van der Waals surface area (Å²) in [6, 6.07) is 2.25. The van der Waals surface area contributed by atoms with Gasteiger partial charge in [0.25, 0.3) is 0 Å². The molecule has 0 spiro atoms. The largest absolute Gasteiger partial charge is 0.366 e. The zero-order chi connectivity index (χ0) is 14.8. The third-order valence-electron chi connectivity index (χ3n) is 4.16. The van der Waals surface area contributed by atoms with Crippen molar-refractivity contribution in [1.29, 1.82) is 0 Å².